The van der Waals surface area contributed by atoms with Crippen molar-refractivity contribution in [2.45, 2.75) is 38.5 Å². The molecule has 6 aromatic rings. The maximum absolute atomic E-state index is 4.81. The molecular weight excluding hydrogens is 583 g/mol. The number of hydrogen-bond acceptors (Lipinski definition) is 2. The van der Waals surface area contributed by atoms with Crippen molar-refractivity contribution in [1.29, 1.82) is 0 Å². The van der Waals surface area contributed by atoms with Crippen molar-refractivity contribution in [3.05, 3.63) is 179 Å². The van der Waals surface area contributed by atoms with Gasteiger partial charge in [-0.05, 0) is 112 Å². The fourth-order valence-corrected chi connectivity index (χ4v) is 8.03. The van der Waals surface area contributed by atoms with Crippen LogP contribution in [0, 0.1) is 0 Å². The third kappa shape index (κ3) is 4.53. The van der Waals surface area contributed by atoms with Crippen molar-refractivity contribution in [2.75, 3.05) is 4.90 Å². The molecule has 0 spiro atoms. The van der Waals surface area contributed by atoms with E-state index in [9.17, 15) is 0 Å². The van der Waals surface area contributed by atoms with Gasteiger partial charge in [-0.2, -0.15) is 0 Å². The van der Waals surface area contributed by atoms with Gasteiger partial charge in [0.25, 0.3) is 0 Å². The number of hydrogen-bond donors (Lipinski definition) is 0. The van der Waals surface area contributed by atoms with Gasteiger partial charge in [-0.15, -0.1) is 0 Å². The van der Waals surface area contributed by atoms with Gasteiger partial charge in [0.15, 0.2) is 0 Å². The lowest BCUT2D eigenvalue weighted by atomic mass is 9.82. The molecule has 232 valence electrons. The predicted octanol–water partition coefficient (Wildman–Crippen LogP) is 11.3. The summed E-state index contributed by atoms with van der Waals surface area (Å²) in [5.74, 6) is 0.902. The van der Waals surface area contributed by atoms with Crippen LogP contribution in [-0.2, 0) is 18.3 Å². The first-order valence-electron chi connectivity index (χ1n) is 17.0. The number of nitrogens with zero attached hydrogens (tertiary/aromatic N) is 3. The van der Waals surface area contributed by atoms with E-state index < -0.39 is 0 Å². The summed E-state index contributed by atoms with van der Waals surface area (Å²) in [5, 5.41) is 0. The average Bonchev–Trinajstić information content (AvgIpc) is 3.44. The van der Waals surface area contributed by atoms with Crippen LogP contribution >= 0.6 is 0 Å². The molecule has 2 aromatic heterocycles. The number of pyridine rings is 1. The Hall–Kier alpha value is -5.67. The van der Waals surface area contributed by atoms with E-state index in [1.807, 2.05) is 12.3 Å². The summed E-state index contributed by atoms with van der Waals surface area (Å²) >= 11 is 0. The fraction of sp³-hybridized carbons (Fsp3) is 0.133. The molecule has 0 saturated carbocycles. The van der Waals surface area contributed by atoms with Gasteiger partial charge in [0.05, 0.1) is 0 Å². The Morgan fingerprint density at radius 3 is 2.31 bits per heavy atom. The Labute approximate surface area is 282 Å². The third-order valence-corrected chi connectivity index (χ3v) is 10.4. The Bertz CT molecular complexity index is 2270. The van der Waals surface area contributed by atoms with Crippen molar-refractivity contribution < 1.29 is 0 Å². The minimum Gasteiger partial charge on any atom is -0.313 e. The highest BCUT2D eigenvalue weighted by molar-refractivity contribution is 5.92. The van der Waals surface area contributed by atoms with Gasteiger partial charge >= 0.3 is 0 Å². The monoisotopic (exact) mass is 619 g/mol. The predicted molar refractivity (Wildman–Crippen MR) is 200 cm³/mol. The second-order valence-electron chi connectivity index (χ2n) is 13.5. The molecule has 2 heterocycles. The van der Waals surface area contributed by atoms with Crippen LogP contribution in [0.15, 0.2) is 140 Å². The fourth-order valence-electron chi connectivity index (χ4n) is 8.03. The molecule has 3 aliphatic carbocycles. The lowest BCUT2D eigenvalue weighted by molar-refractivity contribution is 0.660. The first-order valence-corrected chi connectivity index (χ1v) is 17.0. The topological polar surface area (TPSA) is 21.1 Å². The number of fused-ring (bicyclic) bond motifs is 6. The normalized spacial score (nSPS) is 15.2. The SMILES string of the molecule is CC1(C)c2ccccc2-c2ccc(N(c3ccc(C4=Cc5c6c(n(-c7ccccc7)c5CC=C4)C=CCC6)cc3)c3ccccn3)cc21. The lowest BCUT2D eigenvalue weighted by Crippen LogP contribution is -2.17. The summed E-state index contributed by atoms with van der Waals surface area (Å²) in [6, 6.07) is 41.6. The zero-order valence-corrected chi connectivity index (χ0v) is 27.4. The molecule has 0 amide bonds. The first-order chi connectivity index (χ1) is 23.6. The highest BCUT2D eigenvalue weighted by atomic mass is 15.2. The molecule has 3 aliphatic rings. The minimum absolute atomic E-state index is 0.0762. The molecule has 0 fully saturated rings. The summed E-state index contributed by atoms with van der Waals surface area (Å²) in [7, 11) is 0. The number of rotatable bonds is 5. The standard InChI is InChI=1S/C45H37N3/c1-45(2)40-18-8-6-16-36(40)37-27-26-35(30-41(37)45)47(44-21-10-11-28-46-44)34-24-22-31(23-25-34)32-13-12-20-43-39(29-32)38-17-7-9-19-42(38)48(43)33-14-4-3-5-15-33/h3-6,8-16,18-19,21-30H,7,17,20H2,1-2H3. The summed E-state index contributed by atoms with van der Waals surface area (Å²) in [6.07, 6.45) is 16.6. The molecule has 0 aliphatic heterocycles. The Kier molecular flexibility index (Phi) is 6.69. The highest BCUT2D eigenvalue weighted by Gasteiger charge is 2.35. The average molecular weight is 620 g/mol. The van der Waals surface area contributed by atoms with E-state index in [1.54, 1.807) is 0 Å². The van der Waals surface area contributed by atoms with Crippen LogP contribution in [0.3, 0.4) is 0 Å². The van der Waals surface area contributed by atoms with E-state index in [2.05, 4.69) is 163 Å². The number of para-hydroxylation sites is 1. The zero-order valence-electron chi connectivity index (χ0n) is 27.4. The van der Waals surface area contributed by atoms with Crippen LogP contribution in [0.1, 0.15) is 59.5 Å². The third-order valence-electron chi connectivity index (χ3n) is 10.4. The first kappa shape index (κ1) is 28.5. The second kappa shape index (κ2) is 11.2. The van der Waals surface area contributed by atoms with Crippen molar-refractivity contribution >= 4 is 34.9 Å². The molecule has 0 atom stereocenters. The molecule has 0 saturated heterocycles. The van der Waals surface area contributed by atoms with E-state index in [0.29, 0.717) is 0 Å². The second-order valence-corrected chi connectivity index (χ2v) is 13.5. The zero-order chi connectivity index (χ0) is 32.2. The number of aromatic nitrogens is 2. The van der Waals surface area contributed by atoms with Gasteiger partial charge in [-0.1, -0.05) is 98.8 Å². The summed E-state index contributed by atoms with van der Waals surface area (Å²) in [6.45, 7) is 4.67. The molecule has 0 N–H and O–H groups in total. The van der Waals surface area contributed by atoms with Gasteiger partial charge in [0.2, 0.25) is 0 Å². The minimum atomic E-state index is -0.0762. The van der Waals surface area contributed by atoms with E-state index in [4.69, 9.17) is 4.98 Å². The van der Waals surface area contributed by atoms with Crippen LogP contribution < -0.4 is 4.90 Å². The molecule has 4 aromatic carbocycles. The summed E-state index contributed by atoms with van der Waals surface area (Å²) in [5.41, 5.74) is 16.7. The Morgan fingerprint density at radius 1 is 0.708 bits per heavy atom. The van der Waals surface area contributed by atoms with Crippen molar-refractivity contribution in [2.24, 2.45) is 0 Å². The highest BCUT2D eigenvalue weighted by Crippen LogP contribution is 2.50. The van der Waals surface area contributed by atoms with Crippen molar-refractivity contribution in [3.63, 3.8) is 0 Å². The summed E-state index contributed by atoms with van der Waals surface area (Å²) < 4.78 is 2.47. The van der Waals surface area contributed by atoms with Gasteiger partial charge in [0.1, 0.15) is 5.82 Å². The molecule has 0 radical (unpaired) electrons. The van der Waals surface area contributed by atoms with Crippen LogP contribution in [0.5, 0.6) is 0 Å². The molecule has 0 bridgehead atoms. The van der Waals surface area contributed by atoms with Gasteiger partial charge in [-0.3, -0.25) is 4.90 Å². The van der Waals surface area contributed by atoms with E-state index in [0.717, 1.165) is 36.5 Å². The smallest absolute Gasteiger partial charge is 0.137 e. The lowest BCUT2D eigenvalue weighted by Gasteiger charge is -2.27. The van der Waals surface area contributed by atoms with E-state index in [1.165, 1.54) is 61.6 Å². The molecular formula is C45H37N3. The van der Waals surface area contributed by atoms with Gasteiger partial charge in [0, 0.05) is 52.0 Å². The van der Waals surface area contributed by atoms with Crippen LogP contribution in [-0.4, -0.2) is 9.55 Å². The maximum Gasteiger partial charge on any atom is 0.137 e. The maximum atomic E-state index is 4.81. The largest absolute Gasteiger partial charge is 0.313 e. The van der Waals surface area contributed by atoms with E-state index in [-0.39, 0.29) is 5.41 Å². The molecule has 3 nitrogen and oxygen atoms in total. The Morgan fingerprint density at radius 2 is 1.48 bits per heavy atom. The Balaban J connectivity index is 1.12. The van der Waals surface area contributed by atoms with E-state index >= 15 is 0 Å². The molecule has 9 rings (SSSR count). The van der Waals surface area contributed by atoms with Gasteiger partial charge < -0.3 is 4.57 Å². The van der Waals surface area contributed by atoms with Gasteiger partial charge in [-0.25, -0.2) is 4.98 Å². The van der Waals surface area contributed by atoms with Crippen LogP contribution in [0.4, 0.5) is 17.2 Å². The quantitative estimate of drug-likeness (QED) is 0.191. The number of benzene rings is 4. The number of allylic oxidation sites excluding steroid dienone is 4. The van der Waals surface area contributed by atoms with Crippen molar-refractivity contribution in [3.8, 4) is 16.8 Å². The summed E-state index contributed by atoms with van der Waals surface area (Å²) in [4.78, 5) is 7.09. The van der Waals surface area contributed by atoms with Crippen molar-refractivity contribution in [1.82, 2.24) is 9.55 Å². The van der Waals surface area contributed by atoms with Crippen LogP contribution in [0.25, 0.3) is 34.5 Å². The number of anilines is 3. The molecule has 0 unspecified atom stereocenters. The molecule has 3 heteroatoms. The van der Waals surface area contributed by atoms with Crippen LogP contribution in [0.2, 0.25) is 0 Å². The molecule has 48 heavy (non-hydrogen) atoms.